The molecule has 0 saturated carbocycles. The zero-order chi connectivity index (χ0) is 13.3. The summed E-state index contributed by atoms with van der Waals surface area (Å²) in [6.45, 7) is 3.96. The van der Waals surface area contributed by atoms with Gasteiger partial charge in [-0.15, -0.1) is 11.6 Å². The predicted molar refractivity (Wildman–Crippen MR) is 70.8 cm³/mol. The molecule has 0 N–H and O–H groups in total. The number of ether oxygens (including phenoxy) is 1. The molecule has 0 saturated heterocycles. The lowest BCUT2D eigenvalue weighted by molar-refractivity contribution is -0.141. The van der Waals surface area contributed by atoms with E-state index >= 15 is 0 Å². The Labute approximate surface area is 111 Å². The van der Waals surface area contributed by atoms with Gasteiger partial charge in [-0.25, -0.2) is 4.98 Å². The van der Waals surface area contributed by atoms with Crippen LogP contribution in [0, 0.1) is 6.92 Å². The van der Waals surface area contributed by atoms with E-state index in [1.807, 2.05) is 36.6 Å². The van der Waals surface area contributed by atoms with Crippen LogP contribution in [0.15, 0.2) is 18.2 Å². The van der Waals surface area contributed by atoms with Gasteiger partial charge in [0.1, 0.15) is 12.4 Å². The topological polar surface area (TPSA) is 44.1 Å². The highest BCUT2D eigenvalue weighted by Gasteiger charge is 2.17. The van der Waals surface area contributed by atoms with E-state index in [1.165, 1.54) is 7.11 Å². The monoisotopic (exact) mass is 266 g/mol. The van der Waals surface area contributed by atoms with Gasteiger partial charge in [0.25, 0.3) is 0 Å². The van der Waals surface area contributed by atoms with Crippen molar-refractivity contribution < 1.29 is 9.53 Å². The maximum atomic E-state index is 11.5. The second-order valence-electron chi connectivity index (χ2n) is 4.24. The average Bonchev–Trinajstić information content (AvgIpc) is 2.67. The van der Waals surface area contributed by atoms with Gasteiger partial charge in [0.2, 0.25) is 0 Å². The van der Waals surface area contributed by atoms with Crippen LogP contribution in [0.1, 0.15) is 23.7 Å². The van der Waals surface area contributed by atoms with Crippen molar-refractivity contribution in [3.8, 4) is 0 Å². The number of rotatable bonds is 3. The van der Waals surface area contributed by atoms with E-state index in [2.05, 4.69) is 4.98 Å². The molecule has 5 heteroatoms. The molecule has 0 spiro atoms. The molecule has 0 aliphatic carbocycles. The summed E-state index contributed by atoms with van der Waals surface area (Å²) in [5.41, 5.74) is 2.86. The molecule has 96 valence electrons. The van der Waals surface area contributed by atoms with Gasteiger partial charge in [-0.3, -0.25) is 4.79 Å². The summed E-state index contributed by atoms with van der Waals surface area (Å²) < 4.78 is 6.52. The Balaban J connectivity index is 2.60. The van der Waals surface area contributed by atoms with Crippen molar-refractivity contribution in [3.63, 3.8) is 0 Å². The van der Waals surface area contributed by atoms with Gasteiger partial charge in [0, 0.05) is 0 Å². The van der Waals surface area contributed by atoms with Crippen LogP contribution in [-0.2, 0) is 16.1 Å². The number of benzene rings is 1. The first-order valence-electron chi connectivity index (χ1n) is 5.70. The number of carbonyl (C=O) groups is 1. The Morgan fingerprint density at radius 3 is 2.89 bits per heavy atom. The van der Waals surface area contributed by atoms with Crippen molar-refractivity contribution >= 4 is 28.6 Å². The minimum atomic E-state index is -0.311. The summed E-state index contributed by atoms with van der Waals surface area (Å²) in [7, 11) is 1.37. The quantitative estimate of drug-likeness (QED) is 0.634. The first-order valence-corrected chi connectivity index (χ1v) is 6.14. The van der Waals surface area contributed by atoms with Crippen LogP contribution in [0.25, 0.3) is 11.0 Å². The molecule has 18 heavy (non-hydrogen) atoms. The molecule has 0 aliphatic rings. The number of aryl methyl sites for hydroxylation is 1. The van der Waals surface area contributed by atoms with Crippen LogP contribution in [-0.4, -0.2) is 22.6 Å². The van der Waals surface area contributed by atoms with Gasteiger partial charge in [0.05, 0.1) is 23.5 Å². The number of imidazole rings is 1. The highest BCUT2D eigenvalue weighted by Crippen LogP contribution is 2.25. The molecule has 0 amide bonds. The van der Waals surface area contributed by atoms with E-state index in [4.69, 9.17) is 16.3 Å². The normalized spacial score (nSPS) is 12.7. The van der Waals surface area contributed by atoms with Crippen molar-refractivity contribution in [1.29, 1.82) is 0 Å². The number of methoxy groups -OCH3 is 1. The molecule has 0 fully saturated rings. The number of nitrogens with zero attached hydrogens (tertiary/aromatic N) is 2. The Hall–Kier alpha value is -1.55. The van der Waals surface area contributed by atoms with Crippen molar-refractivity contribution in [1.82, 2.24) is 9.55 Å². The van der Waals surface area contributed by atoms with Gasteiger partial charge >= 0.3 is 5.97 Å². The molecule has 1 atom stereocenters. The van der Waals surface area contributed by atoms with Crippen LogP contribution in [0.5, 0.6) is 0 Å². The number of fused-ring (bicyclic) bond motifs is 1. The van der Waals surface area contributed by atoms with Gasteiger partial charge in [-0.2, -0.15) is 0 Å². The standard InChI is InChI=1S/C13H15ClN2O2/c1-8-4-5-10-11(6-8)16(7-12(17)18-3)13(15-10)9(2)14/h4-6,9H,7H2,1-3H3. The summed E-state index contributed by atoms with van der Waals surface area (Å²) in [6, 6.07) is 5.91. The predicted octanol–water partition coefficient (Wildman–Crippen LogP) is 2.82. The Kier molecular flexibility index (Phi) is 3.57. The molecule has 2 rings (SSSR count). The first-order chi connectivity index (χ1) is 8.52. The molecule has 0 aliphatic heterocycles. The fraction of sp³-hybridized carbons (Fsp3) is 0.385. The SMILES string of the molecule is COC(=O)Cn1c(C(C)Cl)nc2ccc(C)cc21. The lowest BCUT2D eigenvalue weighted by Gasteiger charge is -2.09. The number of halogens is 1. The van der Waals surface area contributed by atoms with Gasteiger partial charge in [0.15, 0.2) is 0 Å². The fourth-order valence-corrected chi connectivity index (χ4v) is 2.08. The smallest absolute Gasteiger partial charge is 0.325 e. The maximum absolute atomic E-state index is 11.5. The second-order valence-corrected chi connectivity index (χ2v) is 4.90. The van der Waals surface area contributed by atoms with Crippen molar-refractivity contribution in [2.24, 2.45) is 0 Å². The maximum Gasteiger partial charge on any atom is 0.325 e. The molecular formula is C13H15ClN2O2. The van der Waals surface area contributed by atoms with Crippen molar-refractivity contribution in [3.05, 3.63) is 29.6 Å². The minimum absolute atomic E-state index is 0.128. The summed E-state index contributed by atoms with van der Waals surface area (Å²) in [5, 5.41) is -0.262. The number of hydrogen-bond acceptors (Lipinski definition) is 3. The molecule has 4 nitrogen and oxygen atoms in total. The lowest BCUT2D eigenvalue weighted by Crippen LogP contribution is -2.14. The minimum Gasteiger partial charge on any atom is -0.468 e. The van der Waals surface area contributed by atoms with Gasteiger partial charge in [-0.1, -0.05) is 6.07 Å². The number of carbonyl (C=O) groups excluding carboxylic acids is 1. The van der Waals surface area contributed by atoms with E-state index in [0.717, 1.165) is 16.6 Å². The van der Waals surface area contributed by atoms with Crippen LogP contribution < -0.4 is 0 Å². The number of hydrogen-bond donors (Lipinski definition) is 0. The molecule has 1 unspecified atom stereocenters. The van der Waals surface area contributed by atoms with Gasteiger partial charge in [-0.05, 0) is 31.5 Å². The Morgan fingerprint density at radius 2 is 2.28 bits per heavy atom. The van der Waals surface area contributed by atoms with Gasteiger partial charge < -0.3 is 9.30 Å². The first kappa shape index (κ1) is 12.9. The second kappa shape index (κ2) is 4.98. The average molecular weight is 267 g/mol. The van der Waals surface area contributed by atoms with E-state index in [0.29, 0.717) is 5.82 Å². The molecule has 0 bridgehead atoms. The molecule has 1 aromatic heterocycles. The summed E-state index contributed by atoms with van der Waals surface area (Å²) >= 11 is 6.11. The van der Waals surface area contributed by atoms with E-state index < -0.39 is 0 Å². The van der Waals surface area contributed by atoms with E-state index in [9.17, 15) is 4.79 Å². The van der Waals surface area contributed by atoms with E-state index in [-0.39, 0.29) is 17.9 Å². The number of alkyl halides is 1. The molecule has 2 aromatic rings. The third-order valence-electron chi connectivity index (χ3n) is 2.80. The molecular weight excluding hydrogens is 252 g/mol. The molecule has 1 heterocycles. The largest absolute Gasteiger partial charge is 0.468 e. The lowest BCUT2D eigenvalue weighted by atomic mass is 10.2. The van der Waals surface area contributed by atoms with E-state index in [1.54, 1.807) is 0 Å². The van der Waals surface area contributed by atoms with Crippen molar-refractivity contribution in [2.75, 3.05) is 7.11 Å². The molecule has 1 aromatic carbocycles. The highest BCUT2D eigenvalue weighted by atomic mass is 35.5. The highest BCUT2D eigenvalue weighted by molar-refractivity contribution is 6.20. The number of esters is 1. The zero-order valence-corrected chi connectivity index (χ0v) is 11.4. The third-order valence-corrected chi connectivity index (χ3v) is 3.00. The fourth-order valence-electron chi connectivity index (χ4n) is 1.91. The van der Waals surface area contributed by atoms with Crippen LogP contribution in [0.4, 0.5) is 0 Å². The van der Waals surface area contributed by atoms with Crippen LogP contribution >= 0.6 is 11.6 Å². The number of aromatic nitrogens is 2. The Bertz CT molecular complexity index is 590. The third kappa shape index (κ3) is 2.34. The molecule has 0 radical (unpaired) electrons. The zero-order valence-electron chi connectivity index (χ0n) is 10.6. The van der Waals surface area contributed by atoms with Crippen LogP contribution in [0.3, 0.4) is 0 Å². The summed E-state index contributed by atoms with van der Waals surface area (Å²) in [5.74, 6) is 0.372. The van der Waals surface area contributed by atoms with Crippen LogP contribution in [0.2, 0.25) is 0 Å². The van der Waals surface area contributed by atoms with Crippen molar-refractivity contribution in [2.45, 2.75) is 25.8 Å². The summed E-state index contributed by atoms with van der Waals surface area (Å²) in [4.78, 5) is 15.9. The summed E-state index contributed by atoms with van der Waals surface area (Å²) in [6.07, 6.45) is 0. The Morgan fingerprint density at radius 1 is 1.56 bits per heavy atom.